The predicted octanol–water partition coefficient (Wildman–Crippen LogP) is 1.48. The first-order valence-corrected chi connectivity index (χ1v) is 7.31. The maximum Gasteiger partial charge on any atom is 0.242 e. The number of nitrogens with one attached hydrogen (secondary N) is 1. The fourth-order valence-corrected chi connectivity index (χ4v) is 2.95. The molecule has 1 aromatic heterocycles. The van der Waals surface area contributed by atoms with Crippen molar-refractivity contribution < 1.29 is 17.9 Å². The molecular formula is C12H10ClNO5S. The van der Waals surface area contributed by atoms with Crippen LogP contribution in [0.3, 0.4) is 0 Å². The Kier molecular flexibility index (Phi) is 4.12. The van der Waals surface area contributed by atoms with Crippen molar-refractivity contribution in [2.75, 3.05) is 0 Å². The van der Waals surface area contributed by atoms with Gasteiger partial charge in [-0.05, 0) is 12.1 Å². The van der Waals surface area contributed by atoms with E-state index in [1.54, 1.807) is 12.1 Å². The van der Waals surface area contributed by atoms with E-state index in [9.17, 15) is 13.2 Å². The van der Waals surface area contributed by atoms with Gasteiger partial charge in [-0.25, -0.2) is 13.1 Å². The zero-order chi connectivity index (χ0) is 14.8. The number of sulfonamides is 1. The highest BCUT2D eigenvalue weighted by atomic mass is 35.5. The van der Waals surface area contributed by atoms with Gasteiger partial charge in [0.2, 0.25) is 15.5 Å². The summed E-state index contributed by atoms with van der Waals surface area (Å²) in [6.07, 6.45) is 0.849. The number of hydrogen-bond acceptors (Lipinski definition) is 5. The Morgan fingerprint density at radius 1 is 1.30 bits per heavy atom. The molecule has 6 nitrogen and oxygen atoms in total. The lowest BCUT2D eigenvalue weighted by molar-refractivity contribution is 0.411. The predicted molar refractivity (Wildman–Crippen MR) is 72.1 cm³/mol. The Hall–Kier alpha value is -1.83. The first-order chi connectivity index (χ1) is 9.40. The molecule has 0 fully saturated rings. The normalized spacial score (nSPS) is 11.4. The molecule has 0 aliphatic rings. The number of halogens is 1. The Morgan fingerprint density at radius 2 is 2.00 bits per heavy atom. The summed E-state index contributed by atoms with van der Waals surface area (Å²) in [5.41, 5.74) is -0.650. The van der Waals surface area contributed by atoms with E-state index in [0.29, 0.717) is 0 Å². The second-order valence-electron chi connectivity index (χ2n) is 3.85. The third-order valence-corrected chi connectivity index (χ3v) is 4.33. The van der Waals surface area contributed by atoms with E-state index >= 15 is 0 Å². The fourth-order valence-electron chi connectivity index (χ4n) is 1.44. The summed E-state index contributed by atoms with van der Waals surface area (Å²) in [5, 5.41) is 9.11. The summed E-state index contributed by atoms with van der Waals surface area (Å²) >= 11 is 5.81. The zero-order valence-electron chi connectivity index (χ0n) is 10.0. The average Bonchev–Trinajstić information content (AvgIpc) is 2.40. The molecule has 0 aliphatic heterocycles. The van der Waals surface area contributed by atoms with Gasteiger partial charge < -0.3 is 9.52 Å². The first kappa shape index (κ1) is 14.6. The lowest BCUT2D eigenvalue weighted by atomic mass is 10.4. The van der Waals surface area contributed by atoms with Crippen LogP contribution in [0.4, 0.5) is 0 Å². The first-order valence-electron chi connectivity index (χ1n) is 5.45. The fraction of sp³-hybridized carbons (Fsp3) is 0.0833. The monoisotopic (exact) mass is 315 g/mol. The number of aromatic hydroxyl groups is 1. The van der Waals surface area contributed by atoms with E-state index in [1.807, 2.05) is 0 Å². The summed E-state index contributed by atoms with van der Waals surface area (Å²) in [6, 6.07) is 6.97. The van der Waals surface area contributed by atoms with Gasteiger partial charge in [-0.1, -0.05) is 23.7 Å². The second-order valence-corrected chi connectivity index (χ2v) is 5.99. The SMILES string of the molecule is O=c1cc(CNS(=O)(=O)c2ccccc2Cl)occ1O. The molecule has 2 rings (SSSR count). The highest BCUT2D eigenvalue weighted by molar-refractivity contribution is 7.89. The maximum atomic E-state index is 12.0. The minimum Gasteiger partial charge on any atom is -0.502 e. The van der Waals surface area contributed by atoms with Gasteiger partial charge in [-0.2, -0.15) is 0 Å². The largest absolute Gasteiger partial charge is 0.502 e. The molecule has 1 heterocycles. The topological polar surface area (TPSA) is 96.6 Å². The van der Waals surface area contributed by atoms with Crippen LogP contribution in [0.25, 0.3) is 0 Å². The molecule has 0 amide bonds. The smallest absolute Gasteiger partial charge is 0.242 e. The van der Waals surface area contributed by atoms with E-state index in [1.165, 1.54) is 12.1 Å². The van der Waals surface area contributed by atoms with Gasteiger partial charge in [0.25, 0.3) is 0 Å². The van der Waals surface area contributed by atoms with Crippen LogP contribution in [0.2, 0.25) is 5.02 Å². The molecule has 0 saturated heterocycles. The van der Waals surface area contributed by atoms with Gasteiger partial charge >= 0.3 is 0 Å². The average molecular weight is 316 g/mol. The molecule has 0 saturated carbocycles. The summed E-state index contributed by atoms with van der Waals surface area (Å²) in [6.45, 7) is -0.233. The van der Waals surface area contributed by atoms with E-state index < -0.39 is 21.2 Å². The van der Waals surface area contributed by atoms with Gasteiger partial charge in [-0.15, -0.1) is 0 Å². The maximum absolute atomic E-state index is 12.0. The number of hydrogen-bond donors (Lipinski definition) is 2. The van der Waals surface area contributed by atoms with Crippen LogP contribution in [0.15, 0.2) is 50.7 Å². The quantitative estimate of drug-likeness (QED) is 0.890. The minimum atomic E-state index is -3.82. The van der Waals surface area contributed by atoms with Crippen molar-refractivity contribution in [2.24, 2.45) is 0 Å². The molecular weight excluding hydrogens is 306 g/mol. The van der Waals surface area contributed by atoms with Crippen LogP contribution < -0.4 is 10.2 Å². The Morgan fingerprint density at radius 3 is 2.65 bits per heavy atom. The molecule has 2 N–H and O–H groups in total. The molecule has 0 atom stereocenters. The second kappa shape index (κ2) is 5.66. The molecule has 0 radical (unpaired) electrons. The third kappa shape index (κ3) is 3.19. The van der Waals surface area contributed by atoms with Crippen LogP contribution in [0, 0.1) is 0 Å². The van der Waals surface area contributed by atoms with Crippen molar-refractivity contribution in [1.29, 1.82) is 0 Å². The Balaban J connectivity index is 2.20. The van der Waals surface area contributed by atoms with Crippen molar-refractivity contribution >= 4 is 21.6 Å². The molecule has 8 heteroatoms. The lowest BCUT2D eigenvalue weighted by Crippen LogP contribution is -2.24. The van der Waals surface area contributed by atoms with Crippen molar-refractivity contribution in [3.8, 4) is 5.75 Å². The molecule has 0 unspecified atom stereocenters. The highest BCUT2D eigenvalue weighted by Gasteiger charge is 2.17. The van der Waals surface area contributed by atoms with Crippen molar-refractivity contribution in [2.45, 2.75) is 11.4 Å². The van der Waals surface area contributed by atoms with Crippen LogP contribution in [0.1, 0.15) is 5.76 Å². The van der Waals surface area contributed by atoms with Crippen molar-refractivity contribution in [1.82, 2.24) is 4.72 Å². The van der Waals surface area contributed by atoms with Crippen LogP contribution in [-0.4, -0.2) is 13.5 Å². The van der Waals surface area contributed by atoms with Crippen LogP contribution in [0.5, 0.6) is 5.75 Å². The van der Waals surface area contributed by atoms with E-state index in [4.69, 9.17) is 21.1 Å². The number of benzene rings is 1. The minimum absolute atomic E-state index is 0.0669. The Bertz CT molecular complexity index is 784. The summed E-state index contributed by atoms with van der Waals surface area (Å²) in [7, 11) is -3.82. The standard InChI is InChI=1S/C12H10ClNO5S/c13-9-3-1-2-4-12(9)20(17,18)14-6-8-5-10(15)11(16)7-19-8/h1-5,7,14,16H,6H2. The highest BCUT2D eigenvalue weighted by Crippen LogP contribution is 2.20. The molecule has 0 aliphatic carbocycles. The van der Waals surface area contributed by atoms with Crippen LogP contribution in [-0.2, 0) is 16.6 Å². The third-order valence-electron chi connectivity index (χ3n) is 2.43. The van der Waals surface area contributed by atoms with Gasteiger partial charge in [0.15, 0.2) is 5.75 Å². The van der Waals surface area contributed by atoms with Gasteiger partial charge in [0.1, 0.15) is 16.9 Å². The molecule has 106 valence electrons. The van der Waals surface area contributed by atoms with E-state index in [-0.39, 0.29) is 22.2 Å². The van der Waals surface area contributed by atoms with Gasteiger partial charge in [0.05, 0.1) is 11.6 Å². The van der Waals surface area contributed by atoms with Gasteiger partial charge in [-0.3, -0.25) is 4.79 Å². The van der Waals surface area contributed by atoms with Crippen molar-refractivity contribution in [3.63, 3.8) is 0 Å². The Labute approximate surface area is 119 Å². The number of rotatable bonds is 4. The molecule has 1 aromatic carbocycles. The molecule has 20 heavy (non-hydrogen) atoms. The summed E-state index contributed by atoms with van der Waals surface area (Å²) < 4.78 is 31.2. The molecule has 0 bridgehead atoms. The summed E-state index contributed by atoms with van der Waals surface area (Å²) in [4.78, 5) is 11.1. The zero-order valence-corrected chi connectivity index (χ0v) is 11.6. The van der Waals surface area contributed by atoms with Gasteiger partial charge in [0, 0.05) is 6.07 Å². The van der Waals surface area contributed by atoms with Crippen LogP contribution >= 0.6 is 11.6 Å². The molecule has 2 aromatic rings. The molecule has 0 spiro atoms. The lowest BCUT2D eigenvalue weighted by Gasteiger charge is -2.07. The van der Waals surface area contributed by atoms with E-state index in [2.05, 4.69) is 4.72 Å². The summed E-state index contributed by atoms with van der Waals surface area (Å²) in [5.74, 6) is -0.467. The van der Waals surface area contributed by atoms with E-state index in [0.717, 1.165) is 12.3 Å². The van der Waals surface area contributed by atoms with Crippen molar-refractivity contribution in [3.05, 3.63) is 57.6 Å².